The minimum absolute atomic E-state index is 0.00380. The van der Waals surface area contributed by atoms with Gasteiger partial charge in [0, 0.05) is 12.2 Å². The number of carbonyl (C=O) groups is 1. The normalized spacial score (nSPS) is 23.3. The molecule has 2 heterocycles. The lowest BCUT2D eigenvalue weighted by Gasteiger charge is -2.35. The molecule has 2 aliphatic rings. The van der Waals surface area contributed by atoms with E-state index in [1.54, 1.807) is 0 Å². The molecule has 5 heteroatoms. The van der Waals surface area contributed by atoms with Crippen LogP contribution in [0.15, 0.2) is 12.4 Å². The Labute approximate surface area is 126 Å². The average Bonchev–Trinajstić information content (AvgIpc) is 3.20. The molecule has 0 unspecified atom stereocenters. The zero-order valence-electron chi connectivity index (χ0n) is 12.8. The van der Waals surface area contributed by atoms with Gasteiger partial charge in [0.05, 0.1) is 12.2 Å². The maximum absolute atomic E-state index is 12.3. The minimum atomic E-state index is -0.00380. The van der Waals surface area contributed by atoms with Crippen molar-refractivity contribution >= 4 is 5.91 Å². The van der Waals surface area contributed by atoms with Gasteiger partial charge in [0.25, 0.3) is 0 Å². The van der Waals surface area contributed by atoms with Gasteiger partial charge in [0.2, 0.25) is 5.91 Å². The number of likely N-dealkylation sites (tertiary alicyclic amines) is 1. The Kier molecular flexibility index (Phi) is 4.58. The Morgan fingerprint density at radius 2 is 2.05 bits per heavy atom. The topological polar surface area (TPSA) is 61.0 Å². The predicted octanol–water partition coefficient (Wildman–Crippen LogP) is 2.04. The molecule has 1 aliphatic heterocycles. The van der Waals surface area contributed by atoms with E-state index in [-0.39, 0.29) is 11.9 Å². The number of aromatic amines is 1. The fourth-order valence-electron chi connectivity index (χ4n) is 3.66. The van der Waals surface area contributed by atoms with Crippen LogP contribution in [0.25, 0.3) is 0 Å². The molecule has 1 aromatic rings. The molecule has 2 fully saturated rings. The third kappa shape index (κ3) is 3.46. The standard InChI is InChI=1S/C16H26N4O/c1-12(16(21)19-15-4-2-3-5-15)20-8-6-13(7-9-20)14-10-17-18-11-14/h10-13,15H,2-9H2,1H3,(H,17,18)(H,19,21)/t12-/m1/s1. The lowest BCUT2D eigenvalue weighted by atomic mass is 9.91. The Balaban J connectivity index is 1.47. The first-order chi connectivity index (χ1) is 10.2. The molecular formula is C16H26N4O. The second-order valence-corrected chi connectivity index (χ2v) is 6.51. The van der Waals surface area contributed by atoms with Crippen molar-refractivity contribution in [3.8, 4) is 0 Å². The number of aromatic nitrogens is 2. The van der Waals surface area contributed by atoms with E-state index in [2.05, 4.69) is 20.4 Å². The molecule has 1 saturated heterocycles. The summed E-state index contributed by atoms with van der Waals surface area (Å²) in [6.45, 7) is 4.03. The van der Waals surface area contributed by atoms with Crippen LogP contribution < -0.4 is 5.32 Å². The van der Waals surface area contributed by atoms with Gasteiger partial charge in [-0.3, -0.25) is 14.8 Å². The first-order valence-electron chi connectivity index (χ1n) is 8.27. The SMILES string of the molecule is C[C@H](C(=O)NC1CCCC1)N1CCC(c2cn[nH]c2)CC1. The van der Waals surface area contributed by atoms with E-state index in [4.69, 9.17) is 0 Å². The van der Waals surface area contributed by atoms with Crippen LogP contribution in [-0.2, 0) is 4.79 Å². The predicted molar refractivity (Wildman–Crippen MR) is 82.0 cm³/mol. The number of hydrogen-bond donors (Lipinski definition) is 2. The molecule has 0 bridgehead atoms. The van der Waals surface area contributed by atoms with Crippen molar-refractivity contribution < 1.29 is 4.79 Å². The van der Waals surface area contributed by atoms with Crippen molar-refractivity contribution in [3.05, 3.63) is 18.0 Å². The van der Waals surface area contributed by atoms with E-state index in [9.17, 15) is 4.79 Å². The summed E-state index contributed by atoms with van der Waals surface area (Å²) < 4.78 is 0. The maximum atomic E-state index is 12.3. The molecular weight excluding hydrogens is 264 g/mol. The summed E-state index contributed by atoms with van der Waals surface area (Å²) in [6.07, 6.45) is 11.0. The smallest absolute Gasteiger partial charge is 0.237 e. The van der Waals surface area contributed by atoms with E-state index < -0.39 is 0 Å². The molecule has 1 aromatic heterocycles. The van der Waals surface area contributed by atoms with Crippen molar-refractivity contribution in [1.29, 1.82) is 0 Å². The van der Waals surface area contributed by atoms with E-state index in [0.717, 1.165) is 38.8 Å². The molecule has 0 spiro atoms. The first-order valence-corrected chi connectivity index (χ1v) is 8.27. The zero-order valence-corrected chi connectivity index (χ0v) is 12.8. The summed E-state index contributed by atoms with van der Waals surface area (Å²) in [5.41, 5.74) is 1.30. The van der Waals surface area contributed by atoms with E-state index in [1.165, 1.54) is 18.4 Å². The van der Waals surface area contributed by atoms with Crippen LogP contribution in [0.3, 0.4) is 0 Å². The highest BCUT2D eigenvalue weighted by Crippen LogP contribution is 2.28. The van der Waals surface area contributed by atoms with Crippen LogP contribution in [0, 0.1) is 0 Å². The summed E-state index contributed by atoms with van der Waals surface area (Å²) in [7, 11) is 0. The summed E-state index contributed by atoms with van der Waals surface area (Å²) in [5, 5.41) is 10.1. The summed E-state index contributed by atoms with van der Waals surface area (Å²) >= 11 is 0. The Bertz CT molecular complexity index is 445. The fraction of sp³-hybridized carbons (Fsp3) is 0.750. The van der Waals surface area contributed by atoms with Crippen molar-refractivity contribution in [2.24, 2.45) is 0 Å². The zero-order chi connectivity index (χ0) is 14.7. The van der Waals surface area contributed by atoms with Crippen molar-refractivity contribution in [2.75, 3.05) is 13.1 Å². The molecule has 1 amide bonds. The van der Waals surface area contributed by atoms with Crippen LogP contribution in [0.5, 0.6) is 0 Å². The van der Waals surface area contributed by atoms with Crippen molar-refractivity contribution in [2.45, 2.75) is 63.5 Å². The van der Waals surface area contributed by atoms with Crippen LogP contribution >= 0.6 is 0 Å². The highest BCUT2D eigenvalue weighted by atomic mass is 16.2. The number of hydrogen-bond acceptors (Lipinski definition) is 3. The summed E-state index contributed by atoms with van der Waals surface area (Å²) in [5.74, 6) is 0.800. The van der Waals surface area contributed by atoms with Crippen molar-refractivity contribution in [1.82, 2.24) is 20.4 Å². The summed E-state index contributed by atoms with van der Waals surface area (Å²) in [6, 6.07) is 0.416. The number of rotatable bonds is 4. The number of carbonyl (C=O) groups excluding carboxylic acids is 1. The molecule has 1 atom stereocenters. The van der Waals surface area contributed by atoms with Gasteiger partial charge in [-0.15, -0.1) is 0 Å². The molecule has 1 aliphatic carbocycles. The fourth-order valence-corrected chi connectivity index (χ4v) is 3.66. The molecule has 1 saturated carbocycles. The van der Waals surface area contributed by atoms with Crippen LogP contribution in [0.4, 0.5) is 0 Å². The monoisotopic (exact) mass is 290 g/mol. The molecule has 116 valence electrons. The van der Waals surface area contributed by atoms with E-state index in [1.807, 2.05) is 19.3 Å². The van der Waals surface area contributed by atoms with Gasteiger partial charge in [0.1, 0.15) is 0 Å². The number of H-pyrrole nitrogens is 1. The first kappa shape index (κ1) is 14.6. The van der Waals surface area contributed by atoms with Crippen LogP contribution in [0.1, 0.15) is 56.9 Å². The molecule has 0 aromatic carbocycles. The molecule has 3 rings (SSSR count). The molecule has 21 heavy (non-hydrogen) atoms. The maximum Gasteiger partial charge on any atom is 0.237 e. The lowest BCUT2D eigenvalue weighted by molar-refractivity contribution is -0.127. The minimum Gasteiger partial charge on any atom is -0.352 e. The lowest BCUT2D eigenvalue weighted by Crippen LogP contribution is -2.49. The molecule has 0 radical (unpaired) electrons. The van der Waals surface area contributed by atoms with Gasteiger partial charge in [-0.25, -0.2) is 0 Å². The van der Waals surface area contributed by atoms with Gasteiger partial charge in [-0.1, -0.05) is 12.8 Å². The van der Waals surface area contributed by atoms with E-state index in [0.29, 0.717) is 12.0 Å². The van der Waals surface area contributed by atoms with E-state index >= 15 is 0 Å². The largest absolute Gasteiger partial charge is 0.352 e. The van der Waals surface area contributed by atoms with Gasteiger partial charge in [-0.2, -0.15) is 5.10 Å². The van der Waals surface area contributed by atoms with Gasteiger partial charge < -0.3 is 5.32 Å². The third-order valence-electron chi connectivity index (χ3n) is 5.15. The van der Waals surface area contributed by atoms with Crippen LogP contribution in [-0.4, -0.2) is 46.2 Å². The Morgan fingerprint density at radius 3 is 2.67 bits per heavy atom. The van der Waals surface area contributed by atoms with Gasteiger partial charge in [-0.05, 0) is 57.2 Å². The Hall–Kier alpha value is -1.36. The summed E-state index contributed by atoms with van der Waals surface area (Å²) in [4.78, 5) is 14.7. The highest BCUT2D eigenvalue weighted by Gasteiger charge is 2.29. The van der Waals surface area contributed by atoms with Crippen LogP contribution in [0.2, 0.25) is 0 Å². The second-order valence-electron chi connectivity index (χ2n) is 6.51. The number of amides is 1. The average molecular weight is 290 g/mol. The third-order valence-corrected chi connectivity index (χ3v) is 5.15. The number of piperidine rings is 1. The van der Waals surface area contributed by atoms with Gasteiger partial charge >= 0.3 is 0 Å². The number of nitrogens with one attached hydrogen (secondary N) is 2. The quantitative estimate of drug-likeness (QED) is 0.892. The Morgan fingerprint density at radius 1 is 1.33 bits per heavy atom. The molecule has 2 N–H and O–H groups in total. The molecule has 5 nitrogen and oxygen atoms in total. The highest BCUT2D eigenvalue weighted by molar-refractivity contribution is 5.81. The van der Waals surface area contributed by atoms with Gasteiger partial charge in [0.15, 0.2) is 0 Å². The number of nitrogens with zero attached hydrogens (tertiary/aromatic N) is 2. The van der Waals surface area contributed by atoms with Crippen molar-refractivity contribution in [3.63, 3.8) is 0 Å². The second kappa shape index (κ2) is 6.60.